The molecule has 600 valence electrons. The van der Waals surface area contributed by atoms with E-state index in [1.54, 1.807) is 74.5 Å². The van der Waals surface area contributed by atoms with Crippen molar-refractivity contribution in [3.05, 3.63) is 234 Å². The van der Waals surface area contributed by atoms with Crippen LogP contribution >= 0.6 is 48.6 Å². The molecule has 43 nitrogen and oxygen atoms in total. The summed E-state index contributed by atoms with van der Waals surface area (Å²) in [6.07, 6.45) is -4.61. The first kappa shape index (κ1) is 91.6. The van der Waals surface area contributed by atoms with Crippen molar-refractivity contribution in [1.82, 2.24) is 5.32 Å². The van der Waals surface area contributed by atoms with E-state index in [0.29, 0.717) is 22.4 Å². The maximum atomic E-state index is 12.7. The molecule has 6 rings (SSSR count). The maximum absolute atomic E-state index is 12.7. The Hall–Kier alpha value is -13.8. The molecule has 113 heavy (non-hydrogen) atoms. The van der Waals surface area contributed by atoms with E-state index in [4.69, 9.17) is 91.7 Å². The zero-order chi connectivity index (χ0) is 83.8. The summed E-state index contributed by atoms with van der Waals surface area (Å²) >= 11 is 15.3. The molecule has 0 aliphatic rings. The second-order valence-corrected chi connectivity index (χ2v) is 25.4. The fourth-order valence-corrected chi connectivity index (χ4v) is 9.04. The van der Waals surface area contributed by atoms with Gasteiger partial charge >= 0.3 is 47.8 Å². The van der Waals surface area contributed by atoms with Gasteiger partial charge in [-0.2, -0.15) is 0 Å². The topological polar surface area (TPSA) is 609 Å². The molecule has 6 aromatic rings. The van der Waals surface area contributed by atoms with Gasteiger partial charge in [-0.15, -0.1) is 55.5 Å². The van der Waals surface area contributed by atoms with Crippen LogP contribution in [0.3, 0.4) is 0 Å². The van der Waals surface area contributed by atoms with Crippen LogP contribution in [-0.4, -0.2) is 145 Å². The van der Waals surface area contributed by atoms with Crippen LogP contribution in [0.2, 0.25) is 0 Å². The van der Waals surface area contributed by atoms with E-state index in [2.05, 4.69) is 34.1 Å². The number of nitrogens with two attached hydrogens (primary N) is 3. The van der Waals surface area contributed by atoms with E-state index in [-0.39, 0.29) is 92.6 Å². The summed E-state index contributed by atoms with van der Waals surface area (Å²) in [6, 6.07) is 35.3. The van der Waals surface area contributed by atoms with Crippen molar-refractivity contribution in [2.75, 3.05) is 39.6 Å². The third kappa shape index (κ3) is 35.4. The molecule has 0 aliphatic heterocycles. The second-order valence-electron chi connectivity index (χ2n) is 22.7. The molecule has 0 unspecified atom stereocenters. The van der Waals surface area contributed by atoms with Gasteiger partial charge in [0.25, 0.3) is 37.6 Å². The Kier molecular flexibility index (Phi) is 37.7. The van der Waals surface area contributed by atoms with E-state index in [0.717, 1.165) is 11.9 Å². The third-order valence-electron chi connectivity index (χ3n) is 13.7. The molecule has 0 radical (unpaired) electrons. The van der Waals surface area contributed by atoms with Crippen molar-refractivity contribution in [1.29, 1.82) is 0 Å². The van der Waals surface area contributed by atoms with Gasteiger partial charge in [-0.05, 0) is 129 Å². The number of benzene rings is 6. The number of nitrogens with one attached hydrogen (secondary N) is 1. The molecule has 6 aromatic carbocycles. The van der Waals surface area contributed by atoms with Crippen LogP contribution in [0.5, 0.6) is 34.5 Å². The van der Waals surface area contributed by atoms with E-state index in [9.17, 15) is 98.6 Å². The van der Waals surface area contributed by atoms with Crippen LogP contribution < -0.4 is 50.9 Å². The summed E-state index contributed by atoms with van der Waals surface area (Å²) in [4.78, 5) is 195. The number of rotatable bonds is 43. The first-order valence-electron chi connectivity index (χ1n) is 31.7. The van der Waals surface area contributed by atoms with Gasteiger partial charge in [0.15, 0.2) is 0 Å². The van der Waals surface area contributed by atoms with Crippen molar-refractivity contribution in [3.8, 4) is 34.5 Å². The van der Waals surface area contributed by atoms with Crippen molar-refractivity contribution in [3.63, 3.8) is 0 Å². The van der Waals surface area contributed by atoms with E-state index >= 15 is 0 Å². The minimum Gasteiger partial charge on any atom is -0.462 e. The predicted octanol–water partition coefficient (Wildman–Crippen LogP) is 6.82. The summed E-state index contributed by atoms with van der Waals surface area (Å²) < 4.78 is 43.0. The van der Waals surface area contributed by atoms with Crippen LogP contribution in [-0.2, 0) is 62.4 Å². The van der Waals surface area contributed by atoms with Crippen molar-refractivity contribution in [2.45, 2.75) is 69.8 Å². The van der Waals surface area contributed by atoms with Gasteiger partial charge in [-0.25, -0.2) is 9.59 Å². The highest BCUT2D eigenvalue weighted by Crippen LogP contribution is 2.29. The summed E-state index contributed by atoms with van der Waals surface area (Å²) in [5.41, 5.74) is 16.0. The summed E-state index contributed by atoms with van der Waals surface area (Å²) in [5, 5.41) is 49.0. The minimum absolute atomic E-state index is 0.0562. The van der Waals surface area contributed by atoms with Crippen molar-refractivity contribution >= 4 is 117 Å². The number of thiocarbonyl (C=S) groups is 3. The fraction of sp³-hybridized carbons (Fsp3) is 0.273. The molecule has 0 atom stereocenters. The van der Waals surface area contributed by atoms with Crippen molar-refractivity contribution < 1.29 is 131 Å². The third-order valence-corrected chi connectivity index (χ3v) is 15.2. The van der Waals surface area contributed by atoms with E-state index in [1.165, 1.54) is 84.9 Å². The van der Waals surface area contributed by atoms with Crippen LogP contribution in [0.15, 0.2) is 150 Å². The maximum Gasteiger partial charge on any atom is 0.342 e. The summed E-state index contributed by atoms with van der Waals surface area (Å²) in [5.74, 6) is -6.99. The van der Waals surface area contributed by atoms with Gasteiger partial charge < -0.3 is 74.9 Å². The van der Waals surface area contributed by atoms with Gasteiger partial charge in [0, 0.05) is 45.2 Å². The van der Waals surface area contributed by atoms with E-state index in [1.807, 2.05) is 0 Å². The van der Waals surface area contributed by atoms with Crippen LogP contribution in [0.1, 0.15) is 107 Å². The fourth-order valence-electron chi connectivity index (χ4n) is 8.30. The number of hydrogen-bond acceptors (Lipinski definition) is 38. The zero-order valence-corrected chi connectivity index (χ0v) is 61.9. The number of hydrogen-bond donors (Lipinski definition) is 4. The molecular formula is C66H64N10O33S4. The molecule has 0 aliphatic carbocycles. The Morgan fingerprint density at radius 3 is 1.05 bits per heavy atom. The highest BCUT2D eigenvalue weighted by Gasteiger charge is 2.36. The second kappa shape index (κ2) is 46.5. The molecular weight excluding hydrogens is 1590 g/mol. The molecule has 7 N–H and O–H groups in total. The number of nitrogens with zero attached hydrogens (tertiary/aromatic N) is 6. The average molecular weight is 1650 g/mol. The Balaban J connectivity index is 0.000000361. The molecule has 1 amide bonds. The lowest BCUT2D eigenvalue weighted by molar-refractivity contribution is -0.851. The highest BCUT2D eigenvalue weighted by molar-refractivity contribution is 7.99. The number of ether oxygens (including phenoxy) is 8. The highest BCUT2D eigenvalue weighted by atomic mass is 32.2. The monoisotopic (exact) mass is 1650 g/mol. The molecule has 0 fully saturated rings. The van der Waals surface area contributed by atoms with Gasteiger partial charge in [-0.1, -0.05) is 73.1 Å². The number of carbonyl (C=O) groups is 9. The average Bonchev–Trinajstić information content (AvgIpc) is 0.854. The molecule has 0 spiro atoms. The van der Waals surface area contributed by atoms with Crippen LogP contribution in [0, 0.1) is 60.9 Å². The standard InChI is InChI=1S/C24H24N4O15S.C22H23N3O6S2.C20H17N3O12S/c25-22(44)16-5-7-17(8-6-16)42-20(29)9-10-21(30)43-19-4-2-1-3-18(19)23(31)38-12-11-24(13-39-26(32)33,14-40-27(34)35)15-41-28(36)37;1-22(2,33-25-29)13-24-21(28)16-5-3-4-6-17(16)31-19(27)12-11-18(26)30-15-9-7-14(8-10-15)20(23)32;21-19(36)12-5-7-13(8-6-12)32-16(24)9-10-17(25)33-15-4-2-1-3-14(15)20(26)31-11-18(34-22(27)28)35-23(29)30/h1-8H,9-15H2,(H2,25,44);3-10H,11-13H2,1-2H3,(H2,23,32)(H,24,28);1-8,18H,9-11H2,(H2,21,36). The lowest BCUT2D eigenvalue weighted by atomic mass is 9.87. The predicted molar refractivity (Wildman–Crippen MR) is 394 cm³/mol. The Morgan fingerprint density at radius 2 is 0.743 bits per heavy atom. The quantitative estimate of drug-likeness (QED) is 0.00446. The number of esters is 8. The molecule has 0 bridgehead atoms. The summed E-state index contributed by atoms with van der Waals surface area (Å²) in [6.45, 7) is -0.762. The van der Waals surface area contributed by atoms with Gasteiger partial charge in [0.2, 0.25) is 0 Å². The Bertz CT molecular complexity index is 4400. The number of amides is 1. The lowest BCUT2D eigenvalue weighted by Crippen LogP contribution is -2.40. The molecule has 0 aromatic heterocycles. The van der Waals surface area contributed by atoms with Crippen LogP contribution in [0.25, 0.3) is 0 Å². The smallest absolute Gasteiger partial charge is 0.342 e. The first-order chi connectivity index (χ1) is 53.4. The van der Waals surface area contributed by atoms with Gasteiger partial charge in [0.05, 0.1) is 55.4 Å². The normalized spacial score (nSPS) is 10.5. The lowest BCUT2D eigenvalue weighted by Gasteiger charge is -2.30. The number of para-hydroxylation sites is 3. The number of carbonyl (C=O) groups excluding carboxylic acids is 9. The van der Waals surface area contributed by atoms with Crippen LogP contribution in [0.4, 0.5) is 0 Å². The molecule has 0 heterocycles. The summed E-state index contributed by atoms with van der Waals surface area (Å²) in [7, 11) is 0. The van der Waals surface area contributed by atoms with Gasteiger partial charge in [0.1, 0.15) is 87.0 Å². The number of nitroso groups, excluding NO2 is 1. The minimum atomic E-state index is -2.14. The Morgan fingerprint density at radius 1 is 0.442 bits per heavy atom. The van der Waals surface area contributed by atoms with Crippen molar-refractivity contribution in [2.24, 2.45) is 27.2 Å². The largest absolute Gasteiger partial charge is 0.462 e. The Labute approximate surface area is 655 Å². The first-order valence-corrected chi connectivity index (χ1v) is 33.7. The SMILES string of the molecule is CC(C)(CNC(=O)c1ccccc1OC(=O)CCC(=O)Oc1ccc(C(N)=S)cc1)SN=O.NC(=S)c1ccc(OC(=O)CCC(=O)Oc2ccccc2C(=O)OCC(O[N+](=O)[O-])O[N+](=O)[O-])cc1.NC(=S)c1ccc(OC(=O)CCC(=O)Oc2ccccc2C(=O)OCCC(CO[N+](=O)[O-])(CO[N+](=O)[O-])CO[N+](=O)[O-])cc1. The van der Waals surface area contributed by atoms with E-state index < -0.39 is 148 Å². The van der Waals surface area contributed by atoms with Gasteiger partial charge in [-0.3, -0.25) is 43.2 Å². The molecule has 0 saturated carbocycles. The zero-order valence-electron chi connectivity index (χ0n) is 58.6. The molecule has 47 heteroatoms. The molecule has 0 saturated heterocycles.